The van der Waals surface area contributed by atoms with Gasteiger partial charge in [0.15, 0.2) is 0 Å². The zero-order chi connectivity index (χ0) is 13.8. The van der Waals surface area contributed by atoms with Gasteiger partial charge in [0, 0.05) is 31.7 Å². The number of carbonyl (C=O) groups is 1. The van der Waals surface area contributed by atoms with Crippen molar-refractivity contribution in [3.63, 3.8) is 0 Å². The van der Waals surface area contributed by atoms with Crippen LogP contribution in [-0.4, -0.2) is 30.0 Å². The van der Waals surface area contributed by atoms with Gasteiger partial charge in [-0.15, -0.1) is 0 Å². The molecule has 0 atom stereocenters. The van der Waals surface area contributed by atoms with Crippen molar-refractivity contribution in [1.29, 1.82) is 5.26 Å². The molecule has 1 aliphatic heterocycles. The van der Waals surface area contributed by atoms with Gasteiger partial charge in [-0.3, -0.25) is 4.79 Å². The van der Waals surface area contributed by atoms with Gasteiger partial charge in [-0.25, -0.2) is 4.98 Å². The SMILES string of the molecule is CC(=O)NC1CCN(c2nc(C)ccc2C#N)CC1. The van der Waals surface area contributed by atoms with E-state index < -0.39 is 0 Å². The summed E-state index contributed by atoms with van der Waals surface area (Å²) in [4.78, 5) is 17.6. The van der Waals surface area contributed by atoms with Gasteiger partial charge in [-0.2, -0.15) is 5.26 Å². The second kappa shape index (κ2) is 5.70. The van der Waals surface area contributed by atoms with Crippen LogP contribution in [0.3, 0.4) is 0 Å². The van der Waals surface area contributed by atoms with Crippen molar-refractivity contribution in [1.82, 2.24) is 10.3 Å². The van der Waals surface area contributed by atoms with Crippen LogP contribution in [0.15, 0.2) is 12.1 Å². The molecule has 19 heavy (non-hydrogen) atoms. The standard InChI is InChI=1S/C14H18N4O/c1-10-3-4-12(9-15)14(16-10)18-7-5-13(6-8-18)17-11(2)19/h3-4,13H,5-8H2,1-2H3,(H,17,19). The summed E-state index contributed by atoms with van der Waals surface area (Å²) in [5, 5.41) is 12.1. The Labute approximate surface area is 113 Å². The molecule has 1 N–H and O–H groups in total. The molecule has 0 aromatic carbocycles. The van der Waals surface area contributed by atoms with Crippen LogP contribution in [0.4, 0.5) is 5.82 Å². The minimum atomic E-state index is 0.0184. The number of nitrogens with one attached hydrogen (secondary N) is 1. The predicted octanol–water partition coefficient (Wildman–Crippen LogP) is 1.37. The first-order chi connectivity index (χ1) is 9.10. The Morgan fingerprint density at radius 1 is 1.47 bits per heavy atom. The van der Waals surface area contributed by atoms with Crippen molar-refractivity contribution in [2.75, 3.05) is 18.0 Å². The lowest BCUT2D eigenvalue weighted by atomic mass is 10.0. The number of nitrogens with zero attached hydrogens (tertiary/aromatic N) is 3. The molecule has 1 saturated heterocycles. The Balaban J connectivity index is 2.07. The van der Waals surface area contributed by atoms with Gasteiger partial charge in [-0.05, 0) is 31.9 Å². The highest BCUT2D eigenvalue weighted by Gasteiger charge is 2.22. The first kappa shape index (κ1) is 13.3. The van der Waals surface area contributed by atoms with Crippen LogP contribution in [0, 0.1) is 18.3 Å². The number of amides is 1. The molecular weight excluding hydrogens is 240 g/mol. The fourth-order valence-electron chi connectivity index (χ4n) is 2.39. The van der Waals surface area contributed by atoms with Crippen molar-refractivity contribution in [2.45, 2.75) is 32.7 Å². The highest BCUT2D eigenvalue weighted by Crippen LogP contribution is 2.22. The lowest BCUT2D eigenvalue weighted by molar-refractivity contribution is -0.119. The minimum Gasteiger partial charge on any atom is -0.355 e. The van der Waals surface area contributed by atoms with E-state index >= 15 is 0 Å². The molecule has 100 valence electrons. The molecule has 0 radical (unpaired) electrons. The van der Waals surface area contributed by atoms with Crippen LogP contribution in [0.5, 0.6) is 0 Å². The molecule has 0 unspecified atom stereocenters. The Morgan fingerprint density at radius 3 is 2.74 bits per heavy atom. The van der Waals surface area contributed by atoms with Crippen molar-refractivity contribution in [2.24, 2.45) is 0 Å². The first-order valence-corrected chi connectivity index (χ1v) is 6.50. The fraction of sp³-hybridized carbons (Fsp3) is 0.500. The van der Waals surface area contributed by atoms with Gasteiger partial charge in [-0.1, -0.05) is 0 Å². The van der Waals surface area contributed by atoms with E-state index in [0.29, 0.717) is 5.56 Å². The number of hydrogen-bond acceptors (Lipinski definition) is 4. The van der Waals surface area contributed by atoms with E-state index in [0.717, 1.165) is 37.4 Å². The Hall–Kier alpha value is -2.09. The number of anilines is 1. The van der Waals surface area contributed by atoms with Gasteiger partial charge < -0.3 is 10.2 Å². The Morgan fingerprint density at radius 2 is 2.16 bits per heavy atom. The summed E-state index contributed by atoms with van der Waals surface area (Å²) >= 11 is 0. The highest BCUT2D eigenvalue weighted by molar-refractivity contribution is 5.73. The fourth-order valence-corrected chi connectivity index (χ4v) is 2.39. The maximum Gasteiger partial charge on any atom is 0.217 e. The second-order valence-electron chi connectivity index (χ2n) is 4.90. The third-order valence-electron chi connectivity index (χ3n) is 3.34. The van der Waals surface area contributed by atoms with E-state index in [9.17, 15) is 4.79 Å². The second-order valence-corrected chi connectivity index (χ2v) is 4.90. The predicted molar refractivity (Wildman–Crippen MR) is 72.7 cm³/mol. The van der Waals surface area contributed by atoms with E-state index in [2.05, 4.69) is 21.3 Å². The van der Waals surface area contributed by atoms with E-state index in [4.69, 9.17) is 5.26 Å². The molecule has 2 heterocycles. The topological polar surface area (TPSA) is 69.0 Å². The van der Waals surface area contributed by atoms with Crippen LogP contribution >= 0.6 is 0 Å². The zero-order valence-corrected chi connectivity index (χ0v) is 11.3. The van der Waals surface area contributed by atoms with Crippen molar-refractivity contribution in [3.8, 4) is 6.07 Å². The van der Waals surface area contributed by atoms with Gasteiger partial charge in [0.25, 0.3) is 0 Å². The molecule has 5 nitrogen and oxygen atoms in total. The highest BCUT2D eigenvalue weighted by atomic mass is 16.1. The molecule has 1 aromatic heterocycles. The lowest BCUT2D eigenvalue weighted by Crippen LogP contribution is -2.44. The summed E-state index contributed by atoms with van der Waals surface area (Å²) in [6.45, 7) is 5.10. The molecule has 0 saturated carbocycles. The summed E-state index contributed by atoms with van der Waals surface area (Å²) in [5.74, 6) is 0.786. The molecular formula is C14H18N4O. The summed E-state index contributed by atoms with van der Waals surface area (Å²) in [6, 6.07) is 6.10. The summed E-state index contributed by atoms with van der Waals surface area (Å²) in [7, 11) is 0. The molecule has 1 amide bonds. The molecule has 0 spiro atoms. The number of aromatic nitrogens is 1. The third-order valence-corrected chi connectivity index (χ3v) is 3.34. The van der Waals surface area contributed by atoms with Gasteiger partial charge >= 0.3 is 0 Å². The monoisotopic (exact) mass is 258 g/mol. The summed E-state index contributed by atoms with van der Waals surface area (Å²) in [6.07, 6.45) is 1.78. The number of pyridine rings is 1. The van der Waals surface area contributed by atoms with Gasteiger partial charge in [0.1, 0.15) is 11.9 Å². The maximum atomic E-state index is 11.0. The molecule has 1 aliphatic rings. The summed E-state index contributed by atoms with van der Waals surface area (Å²) in [5.41, 5.74) is 1.53. The third kappa shape index (κ3) is 3.22. The van der Waals surface area contributed by atoms with E-state index in [-0.39, 0.29) is 11.9 Å². The number of piperidine rings is 1. The molecule has 1 fully saturated rings. The van der Waals surface area contributed by atoms with E-state index in [1.165, 1.54) is 0 Å². The minimum absolute atomic E-state index is 0.0184. The molecule has 2 rings (SSSR count). The molecule has 1 aromatic rings. The van der Waals surface area contributed by atoms with E-state index in [1.807, 2.05) is 19.1 Å². The zero-order valence-electron chi connectivity index (χ0n) is 11.3. The number of aryl methyl sites for hydroxylation is 1. The van der Waals surface area contributed by atoms with Crippen LogP contribution in [-0.2, 0) is 4.79 Å². The molecule has 0 bridgehead atoms. The van der Waals surface area contributed by atoms with Crippen LogP contribution in [0.2, 0.25) is 0 Å². The average molecular weight is 258 g/mol. The van der Waals surface area contributed by atoms with Gasteiger partial charge in [0.2, 0.25) is 5.91 Å². The molecule has 0 aliphatic carbocycles. The normalized spacial score (nSPS) is 15.9. The molecule has 5 heteroatoms. The van der Waals surface area contributed by atoms with Crippen LogP contribution in [0.25, 0.3) is 0 Å². The maximum absolute atomic E-state index is 11.0. The summed E-state index contributed by atoms with van der Waals surface area (Å²) < 4.78 is 0. The van der Waals surface area contributed by atoms with Crippen molar-refractivity contribution >= 4 is 11.7 Å². The van der Waals surface area contributed by atoms with Gasteiger partial charge in [0.05, 0.1) is 5.56 Å². The Bertz CT molecular complexity index is 513. The largest absolute Gasteiger partial charge is 0.355 e. The smallest absolute Gasteiger partial charge is 0.217 e. The first-order valence-electron chi connectivity index (χ1n) is 6.50. The number of hydrogen-bond donors (Lipinski definition) is 1. The Kier molecular flexibility index (Phi) is 4.00. The lowest BCUT2D eigenvalue weighted by Gasteiger charge is -2.33. The average Bonchev–Trinajstić information content (AvgIpc) is 2.39. The van der Waals surface area contributed by atoms with Crippen molar-refractivity contribution < 1.29 is 4.79 Å². The van der Waals surface area contributed by atoms with Crippen LogP contribution in [0.1, 0.15) is 31.0 Å². The van der Waals surface area contributed by atoms with Crippen molar-refractivity contribution in [3.05, 3.63) is 23.4 Å². The number of nitriles is 1. The quantitative estimate of drug-likeness (QED) is 0.869. The number of rotatable bonds is 2. The van der Waals surface area contributed by atoms with E-state index in [1.54, 1.807) is 6.92 Å². The number of carbonyl (C=O) groups excluding carboxylic acids is 1. The van der Waals surface area contributed by atoms with Crippen LogP contribution < -0.4 is 10.2 Å².